The molecule has 7 heteroatoms. The van der Waals surface area contributed by atoms with Crippen LogP contribution in [-0.2, 0) is 11.2 Å². The van der Waals surface area contributed by atoms with Crippen molar-refractivity contribution in [1.82, 2.24) is 20.0 Å². The van der Waals surface area contributed by atoms with E-state index < -0.39 is 0 Å². The molecule has 0 aliphatic carbocycles. The SMILES string of the molecule is CCc1c(C(=O)N2CCC(C(=O)NC)CC2)cnn1-c1ccc(F)cc1. The highest BCUT2D eigenvalue weighted by atomic mass is 19.1. The van der Waals surface area contributed by atoms with Gasteiger partial charge in [-0.25, -0.2) is 9.07 Å². The van der Waals surface area contributed by atoms with Gasteiger partial charge in [-0.3, -0.25) is 9.59 Å². The Kier molecular flexibility index (Phi) is 5.35. The quantitative estimate of drug-likeness (QED) is 0.911. The number of piperidine rings is 1. The molecule has 2 amide bonds. The van der Waals surface area contributed by atoms with E-state index in [0.717, 1.165) is 11.4 Å². The molecule has 1 aromatic carbocycles. The lowest BCUT2D eigenvalue weighted by atomic mass is 9.95. The predicted molar refractivity (Wildman–Crippen MR) is 95.6 cm³/mol. The molecule has 1 aromatic heterocycles. The molecule has 3 rings (SSSR count). The Morgan fingerprint density at radius 2 is 1.88 bits per heavy atom. The second-order valence-corrected chi connectivity index (χ2v) is 6.43. The van der Waals surface area contributed by atoms with Crippen molar-refractivity contribution < 1.29 is 14.0 Å². The van der Waals surface area contributed by atoms with Gasteiger partial charge in [-0.1, -0.05) is 6.92 Å². The smallest absolute Gasteiger partial charge is 0.257 e. The highest BCUT2D eigenvalue weighted by Crippen LogP contribution is 2.22. The summed E-state index contributed by atoms with van der Waals surface area (Å²) in [4.78, 5) is 26.5. The van der Waals surface area contributed by atoms with E-state index in [2.05, 4.69) is 10.4 Å². The molecule has 0 saturated carbocycles. The second kappa shape index (κ2) is 7.68. The molecule has 1 aliphatic rings. The molecule has 0 bridgehead atoms. The lowest BCUT2D eigenvalue weighted by Gasteiger charge is -2.31. The zero-order valence-corrected chi connectivity index (χ0v) is 15.0. The Morgan fingerprint density at radius 1 is 1.23 bits per heavy atom. The zero-order chi connectivity index (χ0) is 18.7. The van der Waals surface area contributed by atoms with Gasteiger partial charge in [-0.15, -0.1) is 0 Å². The molecular formula is C19H23FN4O2. The standard InChI is InChI=1S/C19H23FN4O2/c1-3-17-16(12-22-24(17)15-6-4-14(20)5-7-15)19(26)23-10-8-13(9-11-23)18(25)21-2/h4-7,12-13H,3,8-11H2,1-2H3,(H,21,25). The van der Waals surface area contributed by atoms with Crippen LogP contribution in [0.1, 0.15) is 35.8 Å². The Bertz CT molecular complexity index is 792. The molecule has 2 aromatic rings. The number of hydrogen-bond donors (Lipinski definition) is 1. The van der Waals surface area contributed by atoms with E-state index >= 15 is 0 Å². The molecular weight excluding hydrogens is 335 g/mol. The topological polar surface area (TPSA) is 67.2 Å². The number of amides is 2. The molecule has 1 saturated heterocycles. The normalized spacial score (nSPS) is 15.1. The average molecular weight is 358 g/mol. The third-order valence-corrected chi connectivity index (χ3v) is 4.90. The largest absolute Gasteiger partial charge is 0.359 e. The van der Waals surface area contributed by atoms with Gasteiger partial charge >= 0.3 is 0 Å². The fourth-order valence-electron chi connectivity index (χ4n) is 3.42. The van der Waals surface area contributed by atoms with Crippen LogP contribution in [0, 0.1) is 11.7 Å². The molecule has 0 radical (unpaired) electrons. The van der Waals surface area contributed by atoms with Crippen LogP contribution >= 0.6 is 0 Å². The lowest BCUT2D eigenvalue weighted by molar-refractivity contribution is -0.125. The minimum absolute atomic E-state index is 0.0309. The van der Waals surface area contributed by atoms with Crippen molar-refractivity contribution in [2.45, 2.75) is 26.2 Å². The van der Waals surface area contributed by atoms with Gasteiger partial charge in [0.15, 0.2) is 0 Å². The summed E-state index contributed by atoms with van der Waals surface area (Å²) < 4.78 is 14.8. The van der Waals surface area contributed by atoms with E-state index in [0.29, 0.717) is 37.9 Å². The highest BCUT2D eigenvalue weighted by molar-refractivity contribution is 5.95. The molecule has 1 aliphatic heterocycles. The third-order valence-electron chi connectivity index (χ3n) is 4.90. The third kappa shape index (κ3) is 3.47. The van der Waals surface area contributed by atoms with Crippen LogP contribution in [-0.4, -0.2) is 46.6 Å². The van der Waals surface area contributed by atoms with E-state index in [-0.39, 0.29) is 23.5 Å². The van der Waals surface area contributed by atoms with E-state index in [4.69, 9.17) is 0 Å². The molecule has 1 fully saturated rings. The summed E-state index contributed by atoms with van der Waals surface area (Å²) in [6.07, 6.45) is 3.54. The van der Waals surface area contributed by atoms with E-state index in [1.165, 1.54) is 12.1 Å². The van der Waals surface area contributed by atoms with Crippen molar-refractivity contribution in [2.24, 2.45) is 5.92 Å². The minimum Gasteiger partial charge on any atom is -0.359 e. The number of halogens is 1. The maximum Gasteiger partial charge on any atom is 0.257 e. The summed E-state index contributed by atoms with van der Waals surface area (Å²) in [5.41, 5.74) is 2.09. The number of hydrogen-bond acceptors (Lipinski definition) is 3. The molecule has 6 nitrogen and oxygen atoms in total. The van der Waals surface area contributed by atoms with E-state index in [1.807, 2.05) is 6.92 Å². The number of carbonyl (C=O) groups excluding carboxylic acids is 2. The lowest BCUT2D eigenvalue weighted by Crippen LogP contribution is -2.42. The average Bonchev–Trinajstić information content (AvgIpc) is 3.11. The van der Waals surface area contributed by atoms with Gasteiger partial charge in [0.1, 0.15) is 5.82 Å². The maximum atomic E-state index is 13.2. The Morgan fingerprint density at radius 3 is 2.46 bits per heavy atom. The van der Waals surface area contributed by atoms with Crippen LogP contribution in [0.15, 0.2) is 30.5 Å². The number of likely N-dealkylation sites (tertiary alicyclic amines) is 1. The van der Waals surface area contributed by atoms with Crippen molar-refractivity contribution in [3.8, 4) is 5.69 Å². The first-order chi connectivity index (χ1) is 12.5. The second-order valence-electron chi connectivity index (χ2n) is 6.43. The van der Waals surface area contributed by atoms with Gasteiger partial charge in [0.2, 0.25) is 5.91 Å². The molecule has 26 heavy (non-hydrogen) atoms. The number of aromatic nitrogens is 2. The van der Waals surface area contributed by atoms with Gasteiger partial charge in [0.25, 0.3) is 5.91 Å². The fraction of sp³-hybridized carbons (Fsp3) is 0.421. The molecule has 0 atom stereocenters. The maximum absolute atomic E-state index is 13.2. The van der Waals surface area contributed by atoms with Crippen LogP contribution in [0.3, 0.4) is 0 Å². The predicted octanol–water partition coefficient (Wildman–Crippen LogP) is 2.17. The molecule has 138 valence electrons. The Balaban J connectivity index is 1.78. The van der Waals surface area contributed by atoms with Gasteiger partial charge in [0, 0.05) is 26.1 Å². The van der Waals surface area contributed by atoms with Gasteiger partial charge in [0.05, 0.1) is 23.1 Å². The fourth-order valence-corrected chi connectivity index (χ4v) is 3.42. The number of benzene rings is 1. The molecule has 2 heterocycles. The Hall–Kier alpha value is -2.70. The zero-order valence-electron chi connectivity index (χ0n) is 15.0. The van der Waals surface area contributed by atoms with Crippen LogP contribution in [0.25, 0.3) is 5.69 Å². The van der Waals surface area contributed by atoms with E-state index in [1.54, 1.807) is 35.0 Å². The van der Waals surface area contributed by atoms with Gasteiger partial charge in [-0.05, 0) is 43.5 Å². The Labute approximate surface area is 152 Å². The summed E-state index contributed by atoms with van der Waals surface area (Å²) in [5, 5.41) is 7.01. The van der Waals surface area contributed by atoms with Crippen LogP contribution in [0.2, 0.25) is 0 Å². The summed E-state index contributed by atoms with van der Waals surface area (Å²) in [5.74, 6) is -0.369. The van der Waals surface area contributed by atoms with Crippen molar-refractivity contribution in [3.05, 3.63) is 47.5 Å². The summed E-state index contributed by atoms with van der Waals surface area (Å²) >= 11 is 0. The summed E-state index contributed by atoms with van der Waals surface area (Å²) in [6, 6.07) is 6.04. The van der Waals surface area contributed by atoms with E-state index in [9.17, 15) is 14.0 Å². The van der Waals surface area contributed by atoms with Crippen molar-refractivity contribution in [2.75, 3.05) is 20.1 Å². The first-order valence-corrected chi connectivity index (χ1v) is 8.88. The van der Waals surface area contributed by atoms with Crippen LogP contribution < -0.4 is 5.32 Å². The van der Waals surface area contributed by atoms with Crippen molar-refractivity contribution in [3.63, 3.8) is 0 Å². The molecule has 1 N–H and O–H groups in total. The molecule has 0 unspecified atom stereocenters. The highest BCUT2D eigenvalue weighted by Gasteiger charge is 2.29. The summed E-state index contributed by atoms with van der Waals surface area (Å²) in [6.45, 7) is 3.08. The number of rotatable bonds is 4. The van der Waals surface area contributed by atoms with Crippen molar-refractivity contribution in [1.29, 1.82) is 0 Å². The monoisotopic (exact) mass is 358 g/mol. The number of nitrogens with one attached hydrogen (secondary N) is 1. The first kappa shape index (κ1) is 18.1. The van der Waals surface area contributed by atoms with Crippen molar-refractivity contribution >= 4 is 11.8 Å². The van der Waals surface area contributed by atoms with Crippen LogP contribution in [0.5, 0.6) is 0 Å². The minimum atomic E-state index is -0.311. The summed E-state index contributed by atoms with van der Waals surface area (Å²) in [7, 11) is 1.64. The van der Waals surface area contributed by atoms with Crippen LogP contribution in [0.4, 0.5) is 4.39 Å². The number of carbonyl (C=O) groups is 2. The molecule has 0 spiro atoms. The number of nitrogens with zero attached hydrogens (tertiary/aromatic N) is 3. The van der Waals surface area contributed by atoms with Gasteiger partial charge in [-0.2, -0.15) is 5.10 Å². The van der Waals surface area contributed by atoms with Gasteiger partial charge < -0.3 is 10.2 Å². The first-order valence-electron chi connectivity index (χ1n) is 8.88.